The topological polar surface area (TPSA) is 24.9 Å². The van der Waals surface area contributed by atoms with Crippen LogP contribution in [0, 0.1) is 0 Å². The van der Waals surface area contributed by atoms with E-state index in [9.17, 15) is 13.2 Å². The van der Waals surface area contributed by atoms with Gasteiger partial charge in [-0.25, -0.2) is 4.98 Å². The van der Waals surface area contributed by atoms with Gasteiger partial charge in [-0.15, -0.1) is 11.3 Å². The van der Waals surface area contributed by atoms with E-state index in [0.29, 0.717) is 5.03 Å². The SMILES string of the molecule is CNc1cc(C(F)(F)F)cc(Sc2cccs2)n1. The summed E-state index contributed by atoms with van der Waals surface area (Å²) in [5, 5.41) is 4.84. The average molecular weight is 290 g/mol. The maximum Gasteiger partial charge on any atom is 0.416 e. The largest absolute Gasteiger partial charge is 0.416 e. The van der Waals surface area contributed by atoms with Crippen molar-refractivity contribution in [2.24, 2.45) is 0 Å². The van der Waals surface area contributed by atoms with Gasteiger partial charge in [-0.05, 0) is 23.6 Å². The van der Waals surface area contributed by atoms with Crippen molar-refractivity contribution in [2.45, 2.75) is 15.4 Å². The van der Waals surface area contributed by atoms with Gasteiger partial charge in [0.15, 0.2) is 0 Å². The van der Waals surface area contributed by atoms with Crippen molar-refractivity contribution in [2.75, 3.05) is 12.4 Å². The third-order valence-corrected chi connectivity index (χ3v) is 4.04. The standard InChI is InChI=1S/C11H9F3N2S2/c1-15-8-5-7(11(12,13)14)6-9(16-8)18-10-3-2-4-17-10/h2-6H,1H3,(H,15,16). The van der Waals surface area contributed by atoms with Gasteiger partial charge in [0.05, 0.1) is 9.77 Å². The lowest BCUT2D eigenvalue weighted by atomic mass is 10.2. The van der Waals surface area contributed by atoms with Crippen LogP contribution in [0.2, 0.25) is 0 Å². The molecule has 0 aliphatic carbocycles. The van der Waals surface area contributed by atoms with Gasteiger partial charge >= 0.3 is 6.18 Å². The van der Waals surface area contributed by atoms with E-state index in [1.165, 1.54) is 23.1 Å². The van der Waals surface area contributed by atoms with Crippen molar-refractivity contribution >= 4 is 28.9 Å². The summed E-state index contributed by atoms with van der Waals surface area (Å²) in [5.41, 5.74) is -0.694. The summed E-state index contributed by atoms with van der Waals surface area (Å²) in [5.74, 6) is 0.212. The summed E-state index contributed by atoms with van der Waals surface area (Å²) in [6.45, 7) is 0. The molecule has 2 aromatic heterocycles. The molecule has 18 heavy (non-hydrogen) atoms. The normalized spacial score (nSPS) is 11.6. The van der Waals surface area contributed by atoms with Crippen LogP contribution in [0.4, 0.5) is 19.0 Å². The fourth-order valence-corrected chi connectivity index (χ4v) is 3.02. The average Bonchev–Trinajstić information content (AvgIpc) is 2.80. The Hall–Kier alpha value is -1.21. The van der Waals surface area contributed by atoms with Crippen LogP contribution >= 0.6 is 23.1 Å². The monoisotopic (exact) mass is 290 g/mol. The van der Waals surface area contributed by atoms with E-state index >= 15 is 0 Å². The van der Waals surface area contributed by atoms with Gasteiger partial charge in [-0.3, -0.25) is 0 Å². The first kappa shape index (κ1) is 13.2. The Bertz CT molecular complexity index is 524. The molecule has 0 saturated carbocycles. The molecular formula is C11H9F3N2S2. The maximum atomic E-state index is 12.7. The second-order valence-electron chi connectivity index (χ2n) is 3.36. The predicted octanol–water partition coefficient (Wildman–Crippen LogP) is 4.35. The molecule has 1 N–H and O–H groups in total. The number of hydrogen-bond donors (Lipinski definition) is 1. The highest BCUT2D eigenvalue weighted by Crippen LogP contribution is 2.36. The van der Waals surface area contributed by atoms with E-state index in [1.807, 2.05) is 17.5 Å². The highest BCUT2D eigenvalue weighted by Gasteiger charge is 2.31. The number of aromatic nitrogens is 1. The van der Waals surface area contributed by atoms with Crippen LogP contribution in [-0.2, 0) is 6.18 Å². The second kappa shape index (κ2) is 5.19. The lowest BCUT2D eigenvalue weighted by Crippen LogP contribution is -2.07. The van der Waals surface area contributed by atoms with Crippen LogP contribution in [0.15, 0.2) is 38.9 Å². The molecule has 0 aromatic carbocycles. The zero-order valence-electron chi connectivity index (χ0n) is 9.28. The minimum atomic E-state index is -4.36. The summed E-state index contributed by atoms with van der Waals surface area (Å²) in [7, 11) is 1.54. The van der Waals surface area contributed by atoms with E-state index in [4.69, 9.17) is 0 Å². The molecule has 2 rings (SSSR count). The first-order valence-corrected chi connectivity index (χ1v) is 6.67. The molecule has 0 saturated heterocycles. The minimum Gasteiger partial charge on any atom is -0.373 e. The Morgan fingerprint density at radius 2 is 2.11 bits per heavy atom. The zero-order valence-corrected chi connectivity index (χ0v) is 10.9. The summed E-state index contributed by atoms with van der Waals surface area (Å²) in [4.78, 5) is 4.10. The highest BCUT2D eigenvalue weighted by molar-refractivity contribution is 8.01. The van der Waals surface area contributed by atoms with Gasteiger partial charge in [0.25, 0.3) is 0 Å². The summed E-state index contributed by atoms with van der Waals surface area (Å²) < 4.78 is 39.0. The Labute approximate surface area is 110 Å². The Morgan fingerprint density at radius 1 is 1.33 bits per heavy atom. The Kier molecular flexibility index (Phi) is 3.82. The van der Waals surface area contributed by atoms with Gasteiger partial charge in [0, 0.05) is 7.05 Å². The van der Waals surface area contributed by atoms with Crippen molar-refractivity contribution in [1.29, 1.82) is 0 Å². The molecule has 0 atom stereocenters. The highest BCUT2D eigenvalue weighted by atomic mass is 32.2. The molecule has 2 heterocycles. The number of rotatable bonds is 3. The van der Waals surface area contributed by atoms with Crippen LogP contribution in [-0.4, -0.2) is 12.0 Å². The minimum absolute atomic E-state index is 0.212. The van der Waals surface area contributed by atoms with Gasteiger partial charge in [0.2, 0.25) is 0 Å². The molecule has 0 radical (unpaired) electrons. The zero-order chi connectivity index (χ0) is 13.2. The van der Waals surface area contributed by atoms with Crippen molar-refractivity contribution < 1.29 is 13.2 Å². The number of thiophene rings is 1. The molecular weight excluding hydrogens is 281 g/mol. The molecule has 0 unspecified atom stereocenters. The molecule has 0 bridgehead atoms. The third kappa shape index (κ3) is 3.17. The van der Waals surface area contributed by atoms with E-state index in [2.05, 4.69) is 10.3 Å². The quantitative estimate of drug-likeness (QED) is 0.909. The molecule has 96 valence electrons. The van der Waals surface area contributed by atoms with Gasteiger partial charge in [-0.2, -0.15) is 13.2 Å². The van der Waals surface area contributed by atoms with Crippen LogP contribution < -0.4 is 5.32 Å². The van der Waals surface area contributed by atoms with Gasteiger partial charge in [0.1, 0.15) is 10.8 Å². The van der Waals surface area contributed by atoms with Crippen molar-refractivity contribution in [1.82, 2.24) is 4.98 Å². The van der Waals surface area contributed by atoms with Crippen molar-refractivity contribution in [3.8, 4) is 0 Å². The van der Waals surface area contributed by atoms with Crippen LogP contribution in [0.3, 0.4) is 0 Å². The smallest absolute Gasteiger partial charge is 0.373 e. The summed E-state index contributed by atoms with van der Waals surface area (Å²) >= 11 is 2.69. The van der Waals surface area contributed by atoms with Crippen LogP contribution in [0.25, 0.3) is 0 Å². The fourth-order valence-electron chi connectivity index (χ4n) is 1.27. The van der Waals surface area contributed by atoms with Crippen LogP contribution in [0.5, 0.6) is 0 Å². The van der Waals surface area contributed by atoms with Crippen molar-refractivity contribution in [3.63, 3.8) is 0 Å². The van der Waals surface area contributed by atoms with Gasteiger partial charge in [-0.1, -0.05) is 17.8 Å². The lowest BCUT2D eigenvalue weighted by Gasteiger charge is -2.10. The molecule has 0 fully saturated rings. The van der Waals surface area contributed by atoms with Gasteiger partial charge < -0.3 is 5.32 Å². The number of anilines is 1. The summed E-state index contributed by atoms with van der Waals surface area (Å²) in [6.07, 6.45) is -4.36. The molecule has 0 spiro atoms. The van der Waals surface area contributed by atoms with E-state index in [1.54, 1.807) is 7.05 Å². The Morgan fingerprint density at radius 3 is 2.67 bits per heavy atom. The van der Waals surface area contributed by atoms with E-state index < -0.39 is 11.7 Å². The Balaban J connectivity index is 2.35. The molecule has 0 aliphatic heterocycles. The summed E-state index contributed by atoms with van der Waals surface area (Å²) in [6, 6.07) is 5.75. The first-order chi connectivity index (χ1) is 8.49. The molecule has 2 nitrogen and oxygen atoms in total. The molecule has 0 aliphatic rings. The number of nitrogens with one attached hydrogen (secondary N) is 1. The van der Waals surface area contributed by atoms with Crippen molar-refractivity contribution in [3.05, 3.63) is 35.2 Å². The molecule has 7 heteroatoms. The predicted molar refractivity (Wildman–Crippen MR) is 67.2 cm³/mol. The van der Waals surface area contributed by atoms with E-state index in [0.717, 1.165) is 16.3 Å². The number of nitrogens with zero attached hydrogens (tertiary/aromatic N) is 1. The molecule has 2 aromatic rings. The third-order valence-electron chi connectivity index (χ3n) is 2.09. The maximum absolute atomic E-state index is 12.7. The number of hydrogen-bond acceptors (Lipinski definition) is 4. The van der Waals surface area contributed by atoms with Crippen LogP contribution in [0.1, 0.15) is 5.56 Å². The number of alkyl halides is 3. The lowest BCUT2D eigenvalue weighted by molar-refractivity contribution is -0.137. The number of pyridine rings is 1. The first-order valence-electron chi connectivity index (χ1n) is 4.97. The second-order valence-corrected chi connectivity index (χ2v) is 5.63. The molecule has 0 amide bonds. The fraction of sp³-hybridized carbons (Fsp3) is 0.182. The number of halogens is 3. The van der Waals surface area contributed by atoms with E-state index in [-0.39, 0.29) is 5.82 Å².